The zero-order chi connectivity index (χ0) is 20.0. The number of amidine groups is 1. The third-order valence-corrected chi connectivity index (χ3v) is 3.93. The standard InChI is InChI=1S/C17H17Cl2N7O/c1-23-8-13(15(22)10-6-9(18)2-3-12(10)19)25-17(27)11(7-20)16-24-5-4-14(21)26-16/h2-8,20,22-24H,1H3,(H2,21,26)(H,25,27)/b13-8+,16-11-,20-7?,22-15?. The van der Waals surface area contributed by atoms with Gasteiger partial charge in [0.15, 0.2) is 0 Å². The molecule has 27 heavy (non-hydrogen) atoms. The second-order valence-electron chi connectivity index (χ2n) is 5.22. The van der Waals surface area contributed by atoms with E-state index in [-0.39, 0.29) is 28.6 Å². The number of carbonyl (C=O) groups excluding carboxylic acids is 1. The molecule has 0 unspecified atom stereocenters. The Hall–Kier alpha value is -3.10. The minimum Gasteiger partial charge on any atom is -0.392 e. The monoisotopic (exact) mass is 405 g/mol. The summed E-state index contributed by atoms with van der Waals surface area (Å²) in [4.78, 5) is 16.6. The second kappa shape index (κ2) is 9.02. The molecule has 0 radical (unpaired) electrons. The van der Waals surface area contributed by atoms with E-state index in [2.05, 4.69) is 20.9 Å². The van der Waals surface area contributed by atoms with Crippen LogP contribution in [0, 0.1) is 10.8 Å². The Morgan fingerprint density at radius 2 is 2.11 bits per heavy atom. The molecular formula is C17H17Cl2N7O. The molecule has 0 spiro atoms. The highest BCUT2D eigenvalue weighted by molar-refractivity contribution is 6.37. The molecule has 0 saturated carbocycles. The van der Waals surface area contributed by atoms with E-state index in [0.717, 1.165) is 6.21 Å². The van der Waals surface area contributed by atoms with Crippen molar-refractivity contribution < 1.29 is 4.79 Å². The summed E-state index contributed by atoms with van der Waals surface area (Å²) < 4.78 is 0. The predicted octanol–water partition coefficient (Wildman–Crippen LogP) is 1.87. The van der Waals surface area contributed by atoms with Crippen molar-refractivity contribution in [3.05, 3.63) is 69.4 Å². The number of aliphatic imine (C=N–C) groups is 1. The van der Waals surface area contributed by atoms with Gasteiger partial charge < -0.3 is 27.1 Å². The molecule has 7 N–H and O–H groups in total. The van der Waals surface area contributed by atoms with Gasteiger partial charge in [-0.05, 0) is 24.3 Å². The SMILES string of the molecule is CN/C=C(/NC(=O)/C(C=N)=C1\N=C(N)C=CN1)C(=N)c1cc(Cl)ccc1Cl. The first-order chi connectivity index (χ1) is 12.9. The van der Waals surface area contributed by atoms with Crippen LogP contribution in [0.3, 0.4) is 0 Å². The van der Waals surface area contributed by atoms with Crippen molar-refractivity contribution in [2.75, 3.05) is 7.05 Å². The molecule has 1 aromatic rings. The molecule has 0 atom stereocenters. The van der Waals surface area contributed by atoms with Crippen molar-refractivity contribution >= 4 is 46.9 Å². The van der Waals surface area contributed by atoms with Crippen LogP contribution < -0.4 is 21.7 Å². The van der Waals surface area contributed by atoms with Crippen molar-refractivity contribution in [3.8, 4) is 0 Å². The highest BCUT2D eigenvalue weighted by atomic mass is 35.5. The Bertz CT molecular complexity index is 916. The van der Waals surface area contributed by atoms with E-state index in [1.165, 1.54) is 24.5 Å². The van der Waals surface area contributed by atoms with Gasteiger partial charge >= 0.3 is 0 Å². The van der Waals surface area contributed by atoms with E-state index >= 15 is 0 Å². The van der Waals surface area contributed by atoms with Crippen LogP contribution in [-0.4, -0.2) is 30.7 Å². The van der Waals surface area contributed by atoms with Gasteiger partial charge in [-0.25, -0.2) is 4.99 Å². The molecule has 8 nitrogen and oxygen atoms in total. The molecule has 1 aliphatic rings. The first-order valence-electron chi connectivity index (χ1n) is 7.62. The summed E-state index contributed by atoms with van der Waals surface area (Å²) in [5.74, 6) is -0.331. The number of amides is 1. The molecule has 1 amide bonds. The number of rotatable bonds is 6. The third-order valence-electron chi connectivity index (χ3n) is 3.36. The van der Waals surface area contributed by atoms with Crippen LogP contribution in [0.25, 0.3) is 0 Å². The molecule has 1 aromatic carbocycles. The Morgan fingerprint density at radius 3 is 2.74 bits per heavy atom. The topological polar surface area (TPSA) is 139 Å². The van der Waals surface area contributed by atoms with Gasteiger partial charge in [-0.2, -0.15) is 0 Å². The minimum atomic E-state index is -0.649. The first-order valence-corrected chi connectivity index (χ1v) is 8.38. The summed E-state index contributed by atoms with van der Waals surface area (Å²) in [6.07, 6.45) is 5.30. The van der Waals surface area contributed by atoms with Crippen LogP contribution in [-0.2, 0) is 4.79 Å². The van der Waals surface area contributed by atoms with Gasteiger partial charge in [0, 0.05) is 36.2 Å². The fourth-order valence-electron chi connectivity index (χ4n) is 2.12. The van der Waals surface area contributed by atoms with E-state index in [9.17, 15) is 4.79 Å². The number of hydrogen-bond acceptors (Lipinski definition) is 7. The van der Waals surface area contributed by atoms with E-state index in [1.54, 1.807) is 19.2 Å². The maximum Gasteiger partial charge on any atom is 0.261 e. The van der Waals surface area contributed by atoms with Crippen molar-refractivity contribution in [1.82, 2.24) is 16.0 Å². The van der Waals surface area contributed by atoms with E-state index in [0.29, 0.717) is 15.6 Å². The molecule has 10 heteroatoms. The Balaban J connectivity index is 2.34. The zero-order valence-electron chi connectivity index (χ0n) is 14.2. The number of halogens is 2. The van der Waals surface area contributed by atoms with Gasteiger partial charge in [-0.15, -0.1) is 0 Å². The quantitative estimate of drug-likeness (QED) is 0.317. The van der Waals surface area contributed by atoms with Crippen molar-refractivity contribution in [1.29, 1.82) is 10.8 Å². The van der Waals surface area contributed by atoms with Crippen molar-refractivity contribution in [2.24, 2.45) is 10.7 Å². The summed E-state index contributed by atoms with van der Waals surface area (Å²) in [6.45, 7) is 0. The van der Waals surface area contributed by atoms with Crippen LogP contribution in [0.15, 0.2) is 58.8 Å². The number of nitrogens with one attached hydrogen (secondary N) is 5. The number of carbonyl (C=O) groups is 1. The lowest BCUT2D eigenvalue weighted by molar-refractivity contribution is -0.116. The van der Waals surface area contributed by atoms with Crippen LogP contribution >= 0.6 is 23.2 Å². The van der Waals surface area contributed by atoms with Gasteiger partial charge in [-0.1, -0.05) is 23.2 Å². The van der Waals surface area contributed by atoms with Gasteiger partial charge in [0.2, 0.25) is 0 Å². The number of benzene rings is 1. The number of hydrogen-bond donors (Lipinski definition) is 6. The lowest BCUT2D eigenvalue weighted by Gasteiger charge is -2.15. The van der Waals surface area contributed by atoms with Gasteiger partial charge in [0.25, 0.3) is 5.91 Å². The van der Waals surface area contributed by atoms with Gasteiger partial charge in [0.1, 0.15) is 11.7 Å². The van der Waals surface area contributed by atoms with E-state index in [1.807, 2.05) is 0 Å². The summed E-state index contributed by atoms with van der Waals surface area (Å²) in [6, 6.07) is 4.69. The maximum absolute atomic E-state index is 12.6. The predicted molar refractivity (Wildman–Crippen MR) is 108 cm³/mol. The Kier molecular flexibility index (Phi) is 6.75. The summed E-state index contributed by atoms with van der Waals surface area (Å²) in [5, 5.41) is 24.7. The molecule has 0 saturated heterocycles. The molecule has 1 heterocycles. The molecule has 0 aliphatic carbocycles. The number of nitrogens with zero attached hydrogens (tertiary/aromatic N) is 1. The van der Waals surface area contributed by atoms with Crippen LogP contribution in [0.4, 0.5) is 0 Å². The van der Waals surface area contributed by atoms with Crippen LogP contribution in [0.2, 0.25) is 10.0 Å². The zero-order valence-corrected chi connectivity index (χ0v) is 15.7. The van der Waals surface area contributed by atoms with Crippen LogP contribution in [0.5, 0.6) is 0 Å². The highest BCUT2D eigenvalue weighted by Gasteiger charge is 2.19. The number of allylic oxidation sites excluding steroid dienone is 1. The lowest BCUT2D eigenvalue weighted by Crippen LogP contribution is -2.32. The summed E-state index contributed by atoms with van der Waals surface area (Å²) >= 11 is 12.1. The molecule has 2 rings (SSSR count). The average molecular weight is 406 g/mol. The molecule has 1 aliphatic heterocycles. The highest BCUT2D eigenvalue weighted by Crippen LogP contribution is 2.22. The lowest BCUT2D eigenvalue weighted by atomic mass is 10.1. The summed E-state index contributed by atoms with van der Waals surface area (Å²) in [7, 11) is 1.62. The molecule has 0 aromatic heterocycles. The molecular weight excluding hydrogens is 389 g/mol. The van der Waals surface area contributed by atoms with Gasteiger partial charge in [0.05, 0.1) is 22.0 Å². The fraction of sp³-hybridized carbons (Fsp3) is 0.0588. The summed E-state index contributed by atoms with van der Waals surface area (Å²) in [5.41, 5.74) is 5.98. The smallest absolute Gasteiger partial charge is 0.261 e. The van der Waals surface area contributed by atoms with Crippen molar-refractivity contribution in [2.45, 2.75) is 0 Å². The fourth-order valence-corrected chi connectivity index (χ4v) is 2.51. The first kappa shape index (κ1) is 20.2. The van der Waals surface area contributed by atoms with E-state index < -0.39 is 5.91 Å². The average Bonchev–Trinajstić information content (AvgIpc) is 2.63. The normalized spacial score (nSPS) is 15.4. The second-order valence-corrected chi connectivity index (χ2v) is 6.06. The Labute approximate surface area is 165 Å². The minimum absolute atomic E-state index is 0.0564. The largest absolute Gasteiger partial charge is 0.392 e. The molecule has 0 fully saturated rings. The van der Waals surface area contributed by atoms with Gasteiger partial charge in [-0.3, -0.25) is 10.2 Å². The van der Waals surface area contributed by atoms with Crippen molar-refractivity contribution in [3.63, 3.8) is 0 Å². The Morgan fingerprint density at radius 1 is 1.37 bits per heavy atom. The maximum atomic E-state index is 12.6. The molecule has 140 valence electrons. The van der Waals surface area contributed by atoms with Crippen LogP contribution in [0.1, 0.15) is 5.56 Å². The number of nitrogens with two attached hydrogens (primary N) is 1. The third kappa shape index (κ3) is 4.96. The van der Waals surface area contributed by atoms with E-state index in [4.69, 9.17) is 39.8 Å². The molecule has 0 bridgehead atoms.